The number of hydrogen-bond donors (Lipinski definition) is 2. The highest BCUT2D eigenvalue weighted by Gasteiger charge is 2.15. The average molecular weight is 267 g/mol. The Morgan fingerprint density at radius 2 is 2.05 bits per heavy atom. The molecular formula is C13H9N5O2. The Kier molecular flexibility index (Phi) is 2.13. The smallest absolute Gasteiger partial charge is 0.276 e. The third-order valence-electron chi connectivity index (χ3n) is 2.90. The van der Waals surface area contributed by atoms with Crippen LogP contribution in [-0.2, 0) is 0 Å². The molecule has 98 valence electrons. The molecule has 0 aliphatic heterocycles. The molecule has 0 aliphatic rings. The zero-order valence-electron chi connectivity index (χ0n) is 10.2. The molecule has 0 saturated carbocycles. The lowest BCUT2D eigenvalue weighted by atomic mass is 10.2. The predicted molar refractivity (Wildman–Crippen MR) is 71.5 cm³/mol. The first kappa shape index (κ1) is 10.8. The van der Waals surface area contributed by atoms with Crippen LogP contribution in [0.5, 0.6) is 0 Å². The molecule has 0 fully saturated rings. The van der Waals surface area contributed by atoms with E-state index in [1.165, 1.54) is 0 Å². The number of hydrogen-bond acceptors (Lipinski definition) is 6. The molecule has 0 atom stereocenters. The Balaban J connectivity index is 1.77. The van der Waals surface area contributed by atoms with Crippen molar-refractivity contribution in [1.29, 1.82) is 0 Å². The van der Waals surface area contributed by atoms with Crippen LogP contribution in [0.3, 0.4) is 0 Å². The van der Waals surface area contributed by atoms with E-state index in [9.17, 15) is 0 Å². The number of nitrogens with two attached hydrogens (primary N) is 1. The summed E-state index contributed by atoms with van der Waals surface area (Å²) in [6.07, 6.45) is 0. The van der Waals surface area contributed by atoms with Crippen LogP contribution >= 0.6 is 0 Å². The van der Waals surface area contributed by atoms with Gasteiger partial charge in [0.25, 0.3) is 5.89 Å². The Hall–Kier alpha value is -3.09. The third kappa shape index (κ3) is 1.64. The molecule has 4 aromatic rings. The van der Waals surface area contributed by atoms with Crippen molar-refractivity contribution in [2.45, 2.75) is 0 Å². The van der Waals surface area contributed by atoms with Gasteiger partial charge >= 0.3 is 0 Å². The van der Waals surface area contributed by atoms with E-state index in [0.717, 1.165) is 11.0 Å². The summed E-state index contributed by atoms with van der Waals surface area (Å²) in [4.78, 5) is 4.26. The number of para-hydroxylation sites is 1. The van der Waals surface area contributed by atoms with Crippen LogP contribution in [0.2, 0.25) is 0 Å². The zero-order chi connectivity index (χ0) is 13.5. The molecule has 0 saturated heterocycles. The summed E-state index contributed by atoms with van der Waals surface area (Å²) >= 11 is 0. The molecule has 3 N–H and O–H groups in total. The summed E-state index contributed by atoms with van der Waals surface area (Å²) in [7, 11) is 0. The van der Waals surface area contributed by atoms with Gasteiger partial charge in [-0.25, -0.2) is 0 Å². The first-order chi connectivity index (χ1) is 9.79. The van der Waals surface area contributed by atoms with Gasteiger partial charge in [-0.2, -0.15) is 10.1 Å². The summed E-state index contributed by atoms with van der Waals surface area (Å²) in [5, 5.41) is 11.4. The maximum absolute atomic E-state index is 5.67. The van der Waals surface area contributed by atoms with E-state index >= 15 is 0 Å². The Morgan fingerprint density at radius 1 is 1.15 bits per heavy atom. The van der Waals surface area contributed by atoms with Crippen molar-refractivity contribution in [2.24, 2.45) is 0 Å². The van der Waals surface area contributed by atoms with Crippen LogP contribution in [0.4, 0.5) is 5.82 Å². The summed E-state index contributed by atoms with van der Waals surface area (Å²) in [6, 6.07) is 11.2. The van der Waals surface area contributed by atoms with Crippen LogP contribution < -0.4 is 5.73 Å². The molecule has 0 radical (unpaired) electrons. The molecule has 0 amide bonds. The van der Waals surface area contributed by atoms with Crippen molar-refractivity contribution in [3.63, 3.8) is 0 Å². The second kappa shape index (κ2) is 3.95. The lowest BCUT2D eigenvalue weighted by molar-refractivity contribution is 0.429. The van der Waals surface area contributed by atoms with Gasteiger partial charge in [0, 0.05) is 11.5 Å². The Bertz CT molecular complexity index is 856. The van der Waals surface area contributed by atoms with Gasteiger partial charge < -0.3 is 14.7 Å². The standard InChI is InChI=1S/C13H9N5O2/c14-11-6-8(16-17-11)13-15-12(18-20-13)10-5-7-3-1-2-4-9(7)19-10/h1-6H,(H3,14,16,17). The van der Waals surface area contributed by atoms with Crippen molar-refractivity contribution in [3.05, 3.63) is 36.4 Å². The minimum Gasteiger partial charge on any atom is -0.453 e. The van der Waals surface area contributed by atoms with E-state index in [1.54, 1.807) is 6.07 Å². The fourth-order valence-corrected chi connectivity index (χ4v) is 1.97. The van der Waals surface area contributed by atoms with Crippen LogP contribution in [0.1, 0.15) is 0 Å². The van der Waals surface area contributed by atoms with Gasteiger partial charge in [-0.15, -0.1) is 0 Å². The van der Waals surface area contributed by atoms with E-state index in [1.807, 2.05) is 30.3 Å². The van der Waals surface area contributed by atoms with E-state index in [0.29, 0.717) is 29.0 Å². The molecule has 7 nitrogen and oxygen atoms in total. The molecule has 4 rings (SSSR count). The highest BCUT2D eigenvalue weighted by molar-refractivity contribution is 5.81. The van der Waals surface area contributed by atoms with Crippen molar-refractivity contribution < 1.29 is 8.94 Å². The molecule has 20 heavy (non-hydrogen) atoms. The normalized spacial score (nSPS) is 11.2. The van der Waals surface area contributed by atoms with Gasteiger partial charge in [0.2, 0.25) is 5.82 Å². The van der Waals surface area contributed by atoms with E-state index in [2.05, 4.69) is 20.3 Å². The number of nitrogen functional groups attached to an aromatic ring is 1. The van der Waals surface area contributed by atoms with E-state index in [4.69, 9.17) is 14.7 Å². The summed E-state index contributed by atoms with van der Waals surface area (Å²) in [6.45, 7) is 0. The number of furan rings is 1. The van der Waals surface area contributed by atoms with Crippen molar-refractivity contribution >= 4 is 16.8 Å². The molecule has 3 aromatic heterocycles. The highest BCUT2D eigenvalue weighted by atomic mass is 16.5. The molecule has 3 heterocycles. The number of anilines is 1. The van der Waals surface area contributed by atoms with Gasteiger partial charge in [-0.05, 0) is 12.1 Å². The number of fused-ring (bicyclic) bond motifs is 1. The van der Waals surface area contributed by atoms with Crippen LogP contribution in [0.25, 0.3) is 34.1 Å². The van der Waals surface area contributed by atoms with Gasteiger partial charge in [0.05, 0.1) is 0 Å². The van der Waals surface area contributed by atoms with Crippen molar-refractivity contribution in [2.75, 3.05) is 5.73 Å². The van der Waals surface area contributed by atoms with Gasteiger partial charge in [0.15, 0.2) is 5.76 Å². The SMILES string of the molecule is Nc1cc(-c2nc(-c3cc4ccccc4o3)no2)[nH]n1. The number of aromatic amines is 1. The van der Waals surface area contributed by atoms with E-state index < -0.39 is 0 Å². The van der Waals surface area contributed by atoms with E-state index in [-0.39, 0.29) is 0 Å². The second-order valence-corrected chi connectivity index (χ2v) is 4.28. The van der Waals surface area contributed by atoms with Crippen LogP contribution in [-0.4, -0.2) is 20.3 Å². The molecule has 7 heteroatoms. The maximum Gasteiger partial charge on any atom is 0.276 e. The summed E-state index contributed by atoms with van der Waals surface area (Å²) in [5.74, 6) is 1.60. The molecule has 0 unspecified atom stereocenters. The predicted octanol–water partition coefficient (Wildman–Crippen LogP) is 2.46. The van der Waals surface area contributed by atoms with Crippen molar-refractivity contribution in [3.8, 4) is 23.2 Å². The van der Waals surface area contributed by atoms with Crippen LogP contribution in [0.15, 0.2) is 45.3 Å². The largest absolute Gasteiger partial charge is 0.453 e. The topological polar surface area (TPSA) is 107 Å². The minimum absolute atomic E-state index is 0.310. The van der Waals surface area contributed by atoms with Crippen molar-refractivity contribution in [1.82, 2.24) is 20.3 Å². The summed E-state index contributed by atoms with van der Waals surface area (Å²) < 4.78 is 10.8. The second-order valence-electron chi connectivity index (χ2n) is 4.28. The maximum atomic E-state index is 5.67. The van der Waals surface area contributed by atoms with Crippen LogP contribution in [0, 0.1) is 0 Å². The monoisotopic (exact) mass is 267 g/mol. The number of nitrogens with one attached hydrogen (secondary N) is 1. The average Bonchev–Trinajstić information content (AvgIpc) is 3.16. The number of nitrogens with zero attached hydrogens (tertiary/aromatic N) is 3. The zero-order valence-corrected chi connectivity index (χ0v) is 10.2. The van der Waals surface area contributed by atoms with Gasteiger partial charge in [-0.1, -0.05) is 23.4 Å². The third-order valence-corrected chi connectivity index (χ3v) is 2.90. The molecule has 0 spiro atoms. The number of benzene rings is 1. The Labute approximate surface area is 112 Å². The van der Waals surface area contributed by atoms with Gasteiger partial charge in [-0.3, -0.25) is 5.10 Å². The quantitative estimate of drug-likeness (QED) is 0.577. The summed E-state index contributed by atoms with van der Waals surface area (Å²) in [5.41, 5.74) is 6.88. The molecule has 0 bridgehead atoms. The fourth-order valence-electron chi connectivity index (χ4n) is 1.97. The first-order valence-electron chi connectivity index (χ1n) is 5.93. The highest BCUT2D eigenvalue weighted by Crippen LogP contribution is 2.27. The lowest BCUT2D eigenvalue weighted by Gasteiger charge is -1.84. The Morgan fingerprint density at radius 3 is 2.85 bits per heavy atom. The molecular weight excluding hydrogens is 258 g/mol. The number of H-pyrrole nitrogens is 1. The molecule has 0 aliphatic carbocycles. The van der Waals surface area contributed by atoms with Gasteiger partial charge in [0.1, 0.15) is 17.1 Å². The first-order valence-corrected chi connectivity index (χ1v) is 5.93. The lowest BCUT2D eigenvalue weighted by Crippen LogP contribution is -1.81. The molecule has 1 aromatic carbocycles. The number of rotatable bonds is 2. The fraction of sp³-hybridized carbons (Fsp3) is 0. The number of aromatic nitrogens is 4. The minimum atomic E-state index is 0.310.